The zero-order chi connectivity index (χ0) is 14.8. The maximum Gasteiger partial charge on any atom is 0.254 e. The summed E-state index contributed by atoms with van der Waals surface area (Å²) in [5.74, 6) is 0.287. The van der Waals surface area contributed by atoms with Gasteiger partial charge in [-0.2, -0.15) is 5.10 Å². The summed E-state index contributed by atoms with van der Waals surface area (Å²) in [5, 5.41) is 7.47. The smallest absolute Gasteiger partial charge is 0.254 e. The molecule has 1 atom stereocenters. The highest BCUT2D eigenvalue weighted by molar-refractivity contribution is 6.31. The number of rotatable bonds is 2. The zero-order valence-electron chi connectivity index (χ0n) is 11.6. The highest BCUT2D eigenvalue weighted by Gasteiger charge is 2.26. The van der Waals surface area contributed by atoms with Gasteiger partial charge < -0.3 is 10.6 Å². The number of carbonyl (C=O) groups is 1. The van der Waals surface area contributed by atoms with Gasteiger partial charge in [-0.05, 0) is 37.1 Å². The summed E-state index contributed by atoms with van der Waals surface area (Å²) in [4.78, 5) is 14.5. The predicted molar refractivity (Wildman–Crippen MR) is 82.3 cm³/mol. The Hall–Kier alpha value is -2.01. The molecule has 110 valence electrons. The lowest BCUT2D eigenvalue weighted by molar-refractivity contribution is 0.0706. The number of likely N-dealkylation sites (tertiary alicyclic amines) is 1. The molecule has 0 saturated carbocycles. The monoisotopic (exact) mass is 304 g/mol. The highest BCUT2D eigenvalue weighted by atomic mass is 35.5. The second-order valence-electron chi connectivity index (χ2n) is 5.38. The predicted octanol–water partition coefficient (Wildman–Crippen LogP) is 2.67. The lowest BCUT2D eigenvalue weighted by atomic mass is 9.94. The second kappa shape index (κ2) is 5.77. The molecule has 1 aliphatic heterocycles. The summed E-state index contributed by atoms with van der Waals surface area (Å²) in [6, 6.07) is 6.95. The number of nitrogens with two attached hydrogens (primary N) is 1. The number of anilines is 1. The number of nitrogens with zero attached hydrogens (tertiary/aromatic N) is 2. The number of hydrogen-bond acceptors (Lipinski definition) is 3. The molecule has 0 spiro atoms. The highest BCUT2D eigenvalue weighted by Crippen LogP contribution is 2.27. The van der Waals surface area contributed by atoms with Crippen molar-refractivity contribution >= 4 is 23.2 Å². The minimum absolute atomic E-state index is 0.0200. The molecule has 1 saturated heterocycles. The summed E-state index contributed by atoms with van der Waals surface area (Å²) < 4.78 is 0. The Bertz CT molecular complexity index is 621. The Labute approximate surface area is 128 Å². The molecule has 5 nitrogen and oxygen atoms in total. The van der Waals surface area contributed by atoms with E-state index in [-0.39, 0.29) is 5.91 Å². The number of carbonyl (C=O) groups excluding carboxylic acids is 1. The van der Waals surface area contributed by atoms with E-state index in [1.54, 1.807) is 24.4 Å². The van der Waals surface area contributed by atoms with E-state index in [2.05, 4.69) is 10.2 Å². The van der Waals surface area contributed by atoms with Gasteiger partial charge in [-0.15, -0.1) is 0 Å². The number of aromatic nitrogens is 2. The van der Waals surface area contributed by atoms with Crippen LogP contribution in [-0.4, -0.2) is 34.1 Å². The number of halogens is 1. The van der Waals surface area contributed by atoms with Gasteiger partial charge >= 0.3 is 0 Å². The molecule has 0 bridgehead atoms. The number of nitrogens with one attached hydrogen (secondary N) is 1. The van der Waals surface area contributed by atoms with E-state index in [4.69, 9.17) is 17.3 Å². The van der Waals surface area contributed by atoms with Gasteiger partial charge in [0, 0.05) is 47.2 Å². The fourth-order valence-corrected chi connectivity index (χ4v) is 3.07. The molecule has 2 aromatic rings. The van der Waals surface area contributed by atoms with Crippen LogP contribution >= 0.6 is 11.6 Å². The number of piperidine rings is 1. The van der Waals surface area contributed by atoms with Crippen molar-refractivity contribution in [2.75, 3.05) is 18.8 Å². The van der Waals surface area contributed by atoms with Crippen molar-refractivity contribution in [2.45, 2.75) is 18.8 Å². The molecule has 3 rings (SSSR count). The molecule has 1 aliphatic rings. The van der Waals surface area contributed by atoms with E-state index in [1.807, 2.05) is 11.0 Å². The largest absolute Gasteiger partial charge is 0.399 e. The Kier molecular flexibility index (Phi) is 3.84. The Morgan fingerprint density at radius 1 is 1.43 bits per heavy atom. The molecular formula is C15H17ClN4O. The Morgan fingerprint density at radius 3 is 3.00 bits per heavy atom. The SMILES string of the molecule is Nc1cc(Cl)cc(C(=O)N2CCCC(c3ccn[nH]3)C2)c1. The molecule has 3 N–H and O–H groups in total. The van der Waals surface area contributed by atoms with E-state index in [9.17, 15) is 4.79 Å². The van der Waals surface area contributed by atoms with Crippen molar-refractivity contribution in [2.24, 2.45) is 0 Å². The fraction of sp³-hybridized carbons (Fsp3) is 0.333. The summed E-state index contributed by atoms with van der Waals surface area (Å²) in [6.07, 6.45) is 3.78. The average Bonchev–Trinajstić information content (AvgIpc) is 3.00. The van der Waals surface area contributed by atoms with Gasteiger partial charge in [-0.3, -0.25) is 9.89 Å². The summed E-state index contributed by atoms with van der Waals surface area (Å²) >= 11 is 5.98. The number of hydrogen-bond donors (Lipinski definition) is 2. The lowest BCUT2D eigenvalue weighted by Crippen LogP contribution is -2.39. The Morgan fingerprint density at radius 2 is 2.29 bits per heavy atom. The summed E-state index contributed by atoms with van der Waals surface area (Å²) in [5.41, 5.74) is 7.90. The number of nitrogen functional groups attached to an aromatic ring is 1. The van der Waals surface area contributed by atoms with E-state index >= 15 is 0 Å². The van der Waals surface area contributed by atoms with Crippen LogP contribution in [0.5, 0.6) is 0 Å². The molecular weight excluding hydrogens is 288 g/mol. The molecule has 21 heavy (non-hydrogen) atoms. The second-order valence-corrected chi connectivity index (χ2v) is 5.81. The fourth-order valence-electron chi connectivity index (χ4n) is 2.83. The van der Waals surface area contributed by atoms with Crippen molar-refractivity contribution in [3.63, 3.8) is 0 Å². The van der Waals surface area contributed by atoms with Crippen molar-refractivity contribution in [3.8, 4) is 0 Å². The first-order valence-corrected chi connectivity index (χ1v) is 7.36. The van der Waals surface area contributed by atoms with Gasteiger partial charge in [0.05, 0.1) is 0 Å². The molecule has 6 heteroatoms. The third-order valence-corrected chi connectivity index (χ3v) is 4.06. The van der Waals surface area contributed by atoms with Crippen LogP contribution in [0.4, 0.5) is 5.69 Å². The van der Waals surface area contributed by atoms with Crippen LogP contribution in [0.2, 0.25) is 5.02 Å². The van der Waals surface area contributed by atoms with E-state index in [0.29, 0.717) is 28.7 Å². The van der Waals surface area contributed by atoms with E-state index in [1.165, 1.54) is 0 Å². The maximum atomic E-state index is 12.6. The third kappa shape index (κ3) is 3.03. The number of amides is 1. The average molecular weight is 305 g/mol. The summed E-state index contributed by atoms with van der Waals surface area (Å²) in [7, 11) is 0. The van der Waals surface area contributed by atoms with Crippen LogP contribution in [0.1, 0.15) is 34.8 Å². The molecule has 2 heterocycles. The number of aromatic amines is 1. The van der Waals surface area contributed by atoms with Crippen LogP contribution < -0.4 is 5.73 Å². The maximum absolute atomic E-state index is 12.6. The van der Waals surface area contributed by atoms with Crippen molar-refractivity contribution in [1.82, 2.24) is 15.1 Å². The van der Waals surface area contributed by atoms with E-state index in [0.717, 1.165) is 25.1 Å². The van der Waals surface area contributed by atoms with Crippen LogP contribution in [0.25, 0.3) is 0 Å². The molecule has 1 aromatic heterocycles. The quantitative estimate of drug-likeness (QED) is 0.838. The molecule has 1 unspecified atom stereocenters. The minimum Gasteiger partial charge on any atom is -0.399 e. The van der Waals surface area contributed by atoms with Gasteiger partial charge in [0.25, 0.3) is 5.91 Å². The summed E-state index contributed by atoms with van der Waals surface area (Å²) in [6.45, 7) is 1.45. The normalized spacial score (nSPS) is 18.7. The molecule has 1 fully saturated rings. The van der Waals surface area contributed by atoms with Gasteiger partial charge in [0.2, 0.25) is 0 Å². The standard InChI is InChI=1S/C15H17ClN4O/c16-12-6-11(7-13(17)8-12)15(21)20-5-1-2-10(9-20)14-3-4-18-19-14/h3-4,6-8,10H,1-2,5,9,17H2,(H,18,19). The molecule has 1 aromatic carbocycles. The van der Waals surface area contributed by atoms with Crippen LogP contribution in [-0.2, 0) is 0 Å². The number of H-pyrrole nitrogens is 1. The molecule has 0 aliphatic carbocycles. The zero-order valence-corrected chi connectivity index (χ0v) is 12.3. The van der Waals surface area contributed by atoms with Crippen molar-refractivity contribution in [1.29, 1.82) is 0 Å². The van der Waals surface area contributed by atoms with Crippen LogP contribution in [0.3, 0.4) is 0 Å². The van der Waals surface area contributed by atoms with E-state index < -0.39 is 0 Å². The molecule has 0 radical (unpaired) electrons. The van der Waals surface area contributed by atoms with Gasteiger partial charge in [0.15, 0.2) is 0 Å². The first-order valence-electron chi connectivity index (χ1n) is 6.98. The van der Waals surface area contributed by atoms with Crippen molar-refractivity contribution < 1.29 is 4.79 Å². The minimum atomic E-state index is -0.0200. The third-order valence-electron chi connectivity index (χ3n) is 3.84. The van der Waals surface area contributed by atoms with Crippen LogP contribution in [0, 0.1) is 0 Å². The Balaban J connectivity index is 1.78. The molecule has 1 amide bonds. The first kappa shape index (κ1) is 13.9. The van der Waals surface area contributed by atoms with Gasteiger partial charge in [-0.25, -0.2) is 0 Å². The van der Waals surface area contributed by atoms with Crippen molar-refractivity contribution in [3.05, 3.63) is 46.7 Å². The topological polar surface area (TPSA) is 75.0 Å². The number of benzene rings is 1. The van der Waals surface area contributed by atoms with Gasteiger partial charge in [0.1, 0.15) is 0 Å². The first-order chi connectivity index (χ1) is 10.1. The van der Waals surface area contributed by atoms with Crippen LogP contribution in [0.15, 0.2) is 30.5 Å². The lowest BCUT2D eigenvalue weighted by Gasteiger charge is -2.32. The van der Waals surface area contributed by atoms with Gasteiger partial charge in [-0.1, -0.05) is 11.6 Å².